The number of nitrogen functional groups attached to an aromatic ring is 1. The molecule has 1 aliphatic heterocycles. The van der Waals surface area contributed by atoms with Crippen LogP contribution in [0.25, 0.3) is 0 Å². The average molecular weight is 292 g/mol. The maximum Gasteiger partial charge on any atom is 0.349 e. The third-order valence-corrected chi connectivity index (χ3v) is 2.71. The summed E-state index contributed by atoms with van der Waals surface area (Å²) in [6.45, 7) is 2.84. The highest BCUT2D eigenvalue weighted by molar-refractivity contribution is 5.73. The van der Waals surface area contributed by atoms with Crippen molar-refractivity contribution in [2.45, 2.75) is 19.8 Å². The lowest BCUT2D eigenvalue weighted by Crippen LogP contribution is -2.29. The average Bonchev–Trinajstić information content (AvgIpc) is 2.92. The summed E-state index contributed by atoms with van der Waals surface area (Å²) in [7, 11) is 0. The van der Waals surface area contributed by atoms with Crippen LogP contribution in [0.15, 0.2) is 11.0 Å². The molecule has 112 valence electrons. The highest BCUT2D eigenvalue weighted by Crippen LogP contribution is 2.07. The summed E-state index contributed by atoms with van der Waals surface area (Å²) < 4.78 is 11.9. The fourth-order valence-electron chi connectivity index (χ4n) is 1.71. The molecule has 8 nitrogen and oxygen atoms in total. The Morgan fingerprint density at radius 1 is 1.57 bits per heavy atom. The van der Waals surface area contributed by atoms with Gasteiger partial charge in [-0.15, -0.1) is 0 Å². The number of hydrogen-bond donors (Lipinski definition) is 2. The predicted octanol–water partition coefficient (Wildman–Crippen LogP) is -1.31. The van der Waals surface area contributed by atoms with Crippen LogP contribution < -0.4 is 16.7 Å². The first-order valence-corrected chi connectivity index (χ1v) is 6.39. The van der Waals surface area contributed by atoms with Crippen molar-refractivity contribution >= 4 is 11.7 Å². The third kappa shape index (κ3) is 4.30. The number of carbonyl (C=O) groups is 1. The number of nitrogens with two attached hydrogens (primary N) is 1. The Bertz CT molecular complexity index is 638. The number of hydrogen-bond acceptors (Lipinski definition) is 6. The Hall–Kier alpha value is -2.37. The second-order valence-corrected chi connectivity index (χ2v) is 4.36. The van der Waals surface area contributed by atoms with Crippen molar-refractivity contribution in [3.63, 3.8) is 0 Å². The van der Waals surface area contributed by atoms with Gasteiger partial charge < -0.3 is 20.5 Å². The van der Waals surface area contributed by atoms with E-state index in [9.17, 15) is 9.59 Å². The maximum atomic E-state index is 11.8. The number of carbonyl (C=O) groups excluding carboxylic acids is 1. The van der Waals surface area contributed by atoms with Crippen LogP contribution in [-0.4, -0.2) is 41.5 Å². The van der Waals surface area contributed by atoms with Crippen LogP contribution in [0.4, 0.5) is 5.82 Å². The SMILES string of the molecule is CC(=O)NCC#Cc1cn(CC2OCCO2)c(=O)nc1N. The van der Waals surface area contributed by atoms with Gasteiger partial charge in [-0.25, -0.2) is 4.79 Å². The first-order chi connectivity index (χ1) is 10.1. The fourth-order valence-corrected chi connectivity index (χ4v) is 1.71. The summed E-state index contributed by atoms with van der Waals surface area (Å²) in [5, 5.41) is 2.54. The lowest BCUT2D eigenvalue weighted by molar-refractivity contribution is -0.118. The molecule has 0 unspecified atom stereocenters. The Kier molecular flexibility index (Phi) is 4.92. The fraction of sp³-hybridized carbons (Fsp3) is 0.462. The number of ether oxygens (including phenoxy) is 2. The number of aromatic nitrogens is 2. The molecule has 0 aliphatic carbocycles. The Morgan fingerprint density at radius 2 is 2.29 bits per heavy atom. The van der Waals surface area contributed by atoms with E-state index >= 15 is 0 Å². The van der Waals surface area contributed by atoms with Gasteiger partial charge in [-0.2, -0.15) is 4.98 Å². The molecule has 0 saturated carbocycles. The van der Waals surface area contributed by atoms with E-state index in [2.05, 4.69) is 22.1 Å². The van der Waals surface area contributed by atoms with Crippen LogP contribution in [-0.2, 0) is 20.8 Å². The van der Waals surface area contributed by atoms with E-state index in [1.165, 1.54) is 17.7 Å². The number of amides is 1. The zero-order chi connectivity index (χ0) is 15.2. The monoisotopic (exact) mass is 292 g/mol. The smallest absolute Gasteiger partial charge is 0.349 e. The van der Waals surface area contributed by atoms with Crippen LogP contribution in [0.1, 0.15) is 12.5 Å². The van der Waals surface area contributed by atoms with Crippen molar-refractivity contribution in [3.8, 4) is 11.8 Å². The minimum Gasteiger partial charge on any atom is -0.382 e. The molecule has 0 spiro atoms. The molecule has 0 bridgehead atoms. The second-order valence-electron chi connectivity index (χ2n) is 4.36. The van der Waals surface area contributed by atoms with Gasteiger partial charge in [0.15, 0.2) is 6.29 Å². The molecule has 1 aromatic rings. The molecule has 3 N–H and O–H groups in total. The molecule has 1 saturated heterocycles. The van der Waals surface area contributed by atoms with E-state index in [1.807, 2.05) is 0 Å². The molecule has 1 amide bonds. The topological polar surface area (TPSA) is 108 Å². The van der Waals surface area contributed by atoms with Gasteiger partial charge in [0, 0.05) is 13.1 Å². The quantitative estimate of drug-likeness (QED) is 0.669. The van der Waals surface area contributed by atoms with E-state index in [4.69, 9.17) is 15.2 Å². The van der Waals surface area contributed by atoms with Gasteiger partial charge in [0.25, 0.3) is 0 Å². The minimum absolute atomic E-state index is 0.0554. The van der Waals surface area contributed by atoms with Gasteiger partial charge >= 0.3 is 5.69 Å². The molecule has 0 aromatic carbocycles. The minimum atomic E-state index is -0.487. The van der Waals surface area contributed by atoms with Crippen molar-refractivity contribution in [2.24, 2.45) is 0 Å². The van der Waals surface area contributed by atoms with Crippen LogP contribution in [0.2, 0.25) is 0 Å². The largest absolute Gasteiger partial charge is 0.382 e. The predicted molar refractivity (Wildman–Crippen MR) is 74.2 cm³/mol. The van der Waals surface area contributed by atoms with Gasteiger partial charge in [-0.1, -0.05) is 11.8 Å². The summed E-state index contributed by atoms with van der Waals surface area (Å²) >= 11 is 0. The summed E-state index contributed by atoms with van der Waals surface area (Å²) in [4.78, 5) is 26.2. The Labute approximate surface area is 121 Å². The summed E-state index contributed by atoms with van der Waals surface area (Å²) in [6, 6.07) is 0. The van der Waals surface area contributed by atoms with Crippen molar-refractivity contribution < 1.29 is 14.3 Å². The van der Waals surface area contributed by atoms with Crippen molar-refractivity contribution in [1.82, 2.24) is 14.9 Å². The zero-order valence-electron chi connectivity index (χ0n) is 11.6. The van der Waals surface area contributed by atoms with Gasteiger partial charge in [0.2, 0.25) is 5.91 Å². The Morgan fingerprint density at radius 3 is 2.95 bits per heavy atom. The van der Waals surface area contributed by atoms with Crippen LogP contribution in [0.5, 0.6) is 0 Å². The van der Waals surface area contributed by atoms with Crippen molar-refractivity contribution in [3.05, 3.63) is 22.2 Å². The number of rotatable bonds is 3. The van der Waals surface area contributed by atoms with E-state index in [1.54, 1.807) is 0 Å². The lowest BCUT2D eigenvalue weighted by atomic mass is 10.3. The molecule has 1 fully saturated rings. The van der Waals surface area contributed by atoms with Gasteiger partial charge in [-0.05, 0) is 0 Å². The molecule has 0 radical (unpaired) electrons. The van der Waals surface area contributed by atoms with Crippen molar-refractivity contribution in [2.75, 3.05) is 25.5 Å². The normalized spacial score (nSPS) is 14.5. The molecular formula is C13H16N4O4. The third-order valence-electron chi connectivity index (χ3n) is 2.71. The van der Waals surface area contributed by atoms with Crippen LogP contribution >= 0.6 is 0 Å². The first kappa shape index (κ1) is 15.0. The second kappa shape index (κ2) is 6.88. The zero-order valence-corrected chi connectivity index (χ0v) is 11.6. The molecule has 1 aromatic heterocycles. The van der Waals surface area contributed by atoms with E-state index in [0.717, 1.165) is 0 Å². The molecule has 2 rings (SSSR count). The highest BCUT2D eigenvalue weighted by Gasteiger charge is 2.17. The number of anilines is 1. The Balaban J connectivity index is 2.13. The van der Waals surface area contributed by atoms with Crippen LogP contribution in [0, 0.1) is 11.8 Å². The standard InChI is InChI=1S/C13H16N4O4/c1-9(18)15-4-2-3-10-7-17(13(19)16-12(10)14)8-11-20-5-6-21-11/h7,11H,4-6,8H2,1H3,(H,15,18)(H2,14,16,19). The van der Waals surface area contributed by atoms with Crippen LogP contribution in [0.3, 0.4) is 0 Å². The summed E-state index contributed by atoms with van der Waals surface area (Å²) in [6.07, 6.45) is 1.05. The molecular weight excluding hydrogens is 276 g/mol. The molecule has 21 heavy (non-hydrogen) atoms. The number of nitrogens with zero attached hydrogens (tertiary/aromatic N) is 2. The van der Waals surface area contributed by atoms with E-state index < -0.39 is 12.0 Å². The van der Waals surface area contributed by atoms with Gasteiger partial charge in [0.05, 0.1) is 31.9 Å². The van der Waals surface area contributed by atoms with Gasteiger partial charge in [-0.3, -0.25) is 9.36 Å². The highest BCUT2D eigenvalue weighted by atomic mass is 16.7. The first-order valence-electron chi connectivity index (χ1n) is 6.39. The van der Waals surface area contributed by atoms with Crippen molar-refractivity contribution in [1.29, 1.82) is 0 Å². The van der Waals surface area contributed by atoms with Gasteiger partial charge in [0.1, 0.15) is 5.82 Å². The molecule has 1 aliphatic rings. The lowest BCUT2D eigenvalue weighted by Gasteiger charge is -2.11. The summed E-state index contributed by atoms with van der Waals surface area (Å²) in [5.74, 6) is 5.39. The number of nitrogens with one attached hydrogen (secondary N) is 1. The molecule has 0 atom stereocenters. The molecule has 8 heteroatoms. The molecule has 2 heterocycles. The summed E-state index contributed by atoms with van der Waals surface area (Å²) in [5.41, 5.74) is 5.59. The maximum absolute atomic E-state index is 11.8. The van der Waals surface area contributed by atoms with E-state index in [-0.39, 0.29) is 24.8 Å². The van der Waals surface area contributed by atoms with E-state index in [0.29, 0.717) is 18.8 Å².